The van der Waals surface area contributed by atoms with Gasteiger partial charge in [0.05, 0.1) is 18.9 Å². The first-order valence-corrected chi connectivity index (χ1v) is 8.51. The van der Waals surface area contributed by atoms with Crippen LogP contribution in [0.1, 0.15) is 51.4 Å². The van der Waals surface area contributed by atoms with Crippen molar-refractivity contribution in [2.24, 2.45) is 5.92 Å². The second kappa shape index (κ2) is 8.57. The van der Waals surface area contributed by atoms with Crippen LogP contribution in [0.3, 0.4) is 0 Å². The molecule has 0 spiro atoms. The van der Waals surface area contributed by atoms with E-state index in [1.165, 1.54) is 0 Å². The van der Waals surface area contributed by atoms with Crippen LogP contribution in [0.2, 0.25) is 0 Å². The molecule has 0 aliphatic carbocycles. The maximum atomic E-state index is 12.3. The Kier molecular flexibility index (Phi) is 6.47. The lowest BCUT2D eigenvalue weighted by Gasteiger charge is -2.21. The highest BCUT2D eigenvalue weighted by molar-refractivity contribution is 5.76. The molecule has 24 heavy (non-hydrogen) atoms. The molecule has 0 saturated heterocycles. The smallest absolute Gasteiger partial charge is 0.220 e. The zero-order valence-corrected chi connectivity index (χ0v) is 14.9. The van der Waals surface area contributed by atoms with E-state index in [9.17, 15) is 4.79 Å². The lowest BCUT2D eigenvalue weighted by atomic mass is 9.85. The van der Waals surface area contributed by atoms with E-state index in [1.807, 2.05) is 38.1 Å². The van der Waals surface area contributed by atoms with Crippen molar-refractivity contribution < 1.29 is 13.9 Å². The topological polar surface area (TPSA) is 51.5 Å². The van der Waals surface area contributed by atoms with Crippen molar-refractivity contribution in [2.75, 3.05) is 0 Å². The fourth-order valence-corrected chi connectivity index (χ4v) is 2.67. The van der Waals surface area contributed by atoms with E-state index in [0.29, 0.717) is 18.9 Å². The van der Waals surface area contributed by atoms with Crippen LogP contribution >= 0.6 is 0 Å². The normalized spacial score (nSPS) is 12.4. The maximum Gasteiger partial charge on any atom is 0.220 e. The number of hydrogen-bond acceptors (Lipinski definition) is 3. The third-order valence-corrected chi connectivity index (χ3v) is 3.93. The Labute approximate surface area is 144 Å². The molecule has 1 amide bonds. The fourth-order valence-electron chi connectivity index (χ4n) is 2.67. The molecule has 4 nitrogen and oxygen atoms in total. The van der Waals surface area contributed by atoms with Crippen molar-refractivity contribution >= 4 is 5.91 Å². The van der Waals surface area contributed by atoms with Gasteiger partial charge in [0.1, 0.15) is 11.5 Å². The molecule has 4 heteroatoms. The van der Waals surface area contributed by atoms with Gasteiger partial charge in [-0.3, -0.25) is 4.79 Å². The molecule has 0 aliphatic rings. The predicted molar refractivity (Wildman–Crippen MR) is 95.0 cm³/mol. The average molecular weight is 329 g/mol. The Bertz CT molecular complexity index is 615. The molecule has 1 aromatic heterocycles. The third kappa shape index (κ3) is 5.44. The SMILES string of the molecule is CC(C)Oc1ccc(C(CC(=O)NCc2ccco2)C(C)C)cc1. The number of nitrogens with one attached hydrogen (secondary N) is 1. The second-order valence-corrected chi connectivity index (χ2v) is 6.65. The van der Waals surface area contributed by atoms with Crippen molar-refractivity contribution in [3.05, 3.63) is 54.0 Å². The lowest BCUT2D eigenvalue weighted by Crippen LogP contribution is -2.25. The second-order valence-electron chi connectivity index (χ2n) is 6.65. The number of rotatable bonds is 8. The molecule has 1 heterocycles. The summed E-state index contributed by atoms with van der Waals surface area (Å²) in [5, 5.41) is 2.92. The molecule has 0 bridgehead atoms. The summed E-state index contributed by atoms with van der Waals surface area (Å²) in [5.74, 6) is 2.21. The van der Waals surface area contributed by atoms with Gasteiger partial charge in [0.25, 0.3) is 0 Å². The van der Waals surface area contributed by atoms with E-state index in [1.54, 1.807) is 6.26 Å². The number of carbonyl (C=O) groups excluding carboxylic acids is 1. The Morgan fingerprint density at radius 3 is 2.38 bits per heavy atom. The van der Waals surface area contributed by atoms with Crippen molar-refractivity contribution in [3.63, 3.8) is 0 Å². The molecular weight excluding hydrogens is 302 g/mol. The lowest BCUT2D eigenvalue weighted by molar-refractivity contribution is -0.121. The zero-order valence-electron chi connectivity index (χ0n) is 14.9. The van der Waals surface area contributed by atoms with Gasteiger partial charge in [-0.05, 0) is 55.5 Å². The third-order valence-electron chi connectivity index (χ3n) is 3.93. The van der Waals surface area contributed by atoms with Crippen LogP contribution < -0.4 is 10.1 Å². The number of benzene rings is 1. The summed E-state index contributed by atoms with van der Waals surface area (Å²) in [5.41, 5.74) is 1.16. The molecule has 1 aromatic carbocycles. The Morgan fingerprint density at radius 2 is 1.83 bits per heavy atom. The molecule has 0 fully saturated rings. The van der Waals surface area contributed by atoms with Crippen LogP contribution in [0.4, 0.5) is 0 Å². The van der Waals surface area contributed by atoms with Crippen LogP contribution in [-0.2, 0) is 11.3 Å². The van der Waals surface area contributed by atoms with Crippen LogP contribution in [0.25, 0.3) is 0 Å². The molecular formula is C20H27NO3. The zero-order chi connectivity index (χ0) is 17.5. The van der Waals surface area contributed by atoms with Gasteiger partial charge in [-0.1, -0.05) is 26.0 Å². The van der Waals surface area contributed by atoms with Gasteiger partial charge in [-0.15, -0.1) is 0 Å². The number of ether oxygens (including phenoxy) is 1. The van der Waals surface area contributed by atoms with Gasteiger partial charge in [-0.25, -0.2) is 0 Å². The first-order valence-electron chi connectivity index (χ1n) is 8.51. The van der Waals surface area contributed by atoms with Gasteiger partial charge >= 0.3 is 0 Å². The van der Waals surface area contributed by atoms with Crippen LogP contribution in [0.15, 0.2) is 47.1 Å². The quantitative estimate of drug-likeness (QED) is 0.775. The standard InChI is InChI=1S/C20H27NO3/c1-14(2)19(12-20(22)21-13-18-6-5-11-23-18)16-7-9-17(10-8-16)24-15(3)4/h5-11,14-15,19H,12-13H2,1-4H3,(H,21,22). The molecule has 2 rings (SSSR count). The Hall–Kier alpha value is -2.23. The summed E-state index contributed by atoms with van der Waals surface area (Å²) in [4.78, 5) is 12.3. The molecule has 0 aliphatic heterocycles. The minimum Gasteiger partial charge on any atom is -0.491 e. The van der Waals surface area contributed by atoms with Gasteiger partial charge in [0.15, 0.2) is 0 Å². The summed E-state index contributed by atoms with van der Waals surface area (Å²) in [6, 6.07) is 11.7. The molecule has 130 valence electrons. The Morgan fingerprint density at radius 1 is 1.12 bits per heavy atom. The first-order chi connectivity index (χ1) is 11.5. The summed E-state index contributed by atoms with van der Waals surface area (Å²) in [6.45, 7) is 8.73. The summed E-state index contributed by atoms with van der Waals surface area (Å²) < 4.78 is 10.9. The average Bonchev–Trinajstić information content (AvgIpc) is 3.04. The van der Waals surface area contributed by atoms with E-state index in [4.69, 9.17) is 9.15 Å². The van der Waals surface area contributed by atoms with E-state index in [-0.39, 0.29) is 17.9 Å². The summed E-state index contributed by atoms with van der Waals surface area (Å²) in [6.07, 6.45) is 2.23. The van der Waals surface area contributed by atoms with Crippen LogP contribution in [0.5, 0.6) is 5.75 Å². The van der Waals surface area contributed by atoms with Gasteiger partial charge < -0.3 is 14.5 Å². The van der Waals surface area contributed by atoms with Crippen molar-refractivity contribution in [1.82, 2.24) is 5.32 Å². The number of furan rings is 1. The molecule has 1 N–H and O–H groups in total. The van der Waals surface area contributed by atoms with Crippen LogP contribution in [0, 0.1) is 5.92 Å². The predicted octanol–water partition coefficient (Wildman–Crippen LogP) is 4.51. The summed E-state index contributed by atoms with van der Waals surface area (Å²) in [7, 11) is 0. The van der Waals surface area contributed by atoms with Gasteiger partial charge in [-0.2, -0.15) is 0 Å². The van der Waals surface area contributed by atoms with Crippen molar-refractivity contribution in [2.45, 2.75) is 52.7 Å². The first kappa shape index (κ1) is 18.1. The van der Waals surface area contributed by atoms with E-state index < -0.39 is 0 Å². The van der Waals surface area contributed by atoms with Gasteiger partial charge in [0, 0.05) is 6.42 Å². The number of amides is 1. The highest BCUT2D eigenvalue weighted by Gasteiger charge is 2.20. The Balaban J connectivity index is 1.96. The molecule has 2 aromatic rings. The highest BCUT2D eigenvalue weighted by atomic mass is 16.5. The summed E-state index contributed by atoms with van der Waals surface area (Å²) >= 11 is 0. The minimum absolute atomic E-state index is 0.0348. The molecule has 1 atom stereocenters. The van der Waals surface area contributed by atoms with E-state index in [0.717, 1.165) is 17.1 Å². The maximum absolute atomic E-state index is 12.3. The minimum atomic E-state index is 0.0348. The molecule has 0 radical (unpaired) electrons. The monoisotopic (exact) mass is 329 g/mol. The van der Waals surface area contributed by atoms with Crippen LogP contribution in [-0.4, -0.2) is 12.0 Å². The number of carbonyl (C=O) groups is 1. The van der Waals surface area contributed by atoms with E-state index >= 15 is 0 Å². The fraction of sp³-hybridized carbons (Fsp3) is 0.450. The van der Waals surface area contributed by atoms with E-state index in [2.05, 4.69) is 31.3 Å². The van der Waals surface area contributed by atoms with Crippen molar-refractivity contribution in [1.29, 1.82) is 0 Å². The molecule has 0 saturated carbocycles. The highest BCUT2D eigenvalue weighted by Crippen LogP contribution is 2.29. The molecule has 1 unspecified atom stereocenters. The largest absolute Gasteiger partial charge is 0.491 e. The van der Waals surface area contributed by atoms with Gasteiger partial charge in [0.2, 0.25) is 5.91 Å². The number of hydrogen-bond donors (Lipinski definition) is 1. The van der Waals surface area contributed by atoms with Crippen molar-refractivity contribution in [3.8, 4) is 5.75 Å².